The number of unbranched alkanes of at least 4 members (excludes halogenated alkanes) is 3. The van der Waals surface area contributed by atoms with Crippen LogP contribution in [0.25, 0.3) is 0 Å². The summed E-state index contributed by atoms with van der Waals surface area (Å²) in [5.41, 5.74) is 1.44. The fourth-order valence-electron chi connectivity index (χ4n) is 2.09. The van der Waals surface area contributed by atoms with E-state index in [-0.39, 0.29) is 0 Å². The molecule has 0 spiro atoms. The summed E-state index contributed by atoms with van der Waals surface area (Å²) < 4.78 is 1.19. The molecule has 0 amide bonds. The van der Waals surface area contributed by atoms with Crippen LogP contribution >= 0.6 is 31.9 Å². The van der Waals surface area contributed by atoms with Crippen LogP contribution in [0, 0.1) is 5.92 Å². The highest BCUT2D eigenvalue weighted by atomic mass is 79.9. The summed E-state index contributed by atoms with van der Waals surface area (Å²) in [6.45, 7) is 2.27. The first-order valence-electron chi connectivity index (χ1n) is 6.56. The summed E-state index contributed by atoms with van der Waals surface area (Å²) in [5, 5.41) is 1.12. The second-order valence-corrected chi connectivity index (χ2v) is 6.27. The van der Waals surface area contributed by atoms with Crippen molar-refractivity contribution in [1.82, 2.24) is 0 Å². The lowest BCUT2D eigenvalue weighted by Gasteiger charge is -2.14. The Morgan fingerprint density at radius 3 is 2.65 bits per heavy atom. The van der Waals surface area contributed by atoms with E-state index in [2.05, 4.69) is 63.0 Å². The van der Waals surface area contributed by atoms with Gasteiger partial charge in [0.15, 0.2) is 0 Å². The molecule has 0 aliphatic rings. The predicted octanol–water partition coefficient (Wildman–Crippen LogP) is 5.97. The van der Waals surface area contributed by atoms with Gasteiger partial charge in [-0.2, -0.15) is 0 Å². The Morgan fingerprint density at radius 1 is 1.18 bits per heavy atom. The minimum absolute atomic E-state index is 0.779. The van der Waals surface area contributed by atoms with E-state index < -0.39 is 0 Å². The molecule has 0 heterocycles. The van der Waals surface area contributed by atoms with Crippen LogP contribution in [-0.2, 0) is 6.42 Å². The van der Waals surface area contributed by atoms with E-state index in [1.807, 2.05) is 0 Å². The van der Waals surface area contributed by atoms with Crippen molar-refractivity contribution in [2.45, 2.75) is 45.4 Å². The van der Waals surface area contributed by atoms with Crippen molar-refractivity contribution in [2.24, 2.45) is 5.92 Å². The van der Waals surface area contributed by atoms with Crippen molar-refractivity contribution in [3.8, 4) is 0 Å². The Hall–Kier alpha value is 0.180. The van der Waals surface area contributed by atoms with E-state index in [1.165, 1.54) is 48.6 Å². The molecule has 0 saturated heterocycles. The number of hydrogen-bond donors (Lipinski definition) is 0. The van der Waals surface area contributed by atoms with Crippen LogP contribution in [0.15, 0.2) is 28.7 Å². The van der Waals surface area contributed by atoms with Gasteiger partial charge in [0, 0.05) is 9.80 Å². The molecule has 0 aliphatic carbocycles. The molecule has 0 aliphatic heterocycles. The minimum Gasteiger partial charge on any atom is -0.0925 e. The normalized spacial score (nSPS) is 12.6. The lowest BCUT2D eigenvalue weighted by molar-refractivity contribution is 0.496. The summed E-state index contributed by atoms with van der Waals surface area (Å²) >= 11 is 7.18. The molecule has 1 atom stereocenters. The van der Waals surface area contributed by atoms with Gasteiger partial charge >= 0.3 is 0 Å². The smallest absolute Gasteiger partial charge is 0.0177 e. The Morgan fingerprint density at radius 2 is 2.00 bits per heavy atom. The molecule has 0 saturated carbocycles. The number of benzene rings is 1. The van der Waals surface area contributed by atoms with Gasteiger partial charge in [-0.05, 0) is 36.5 Å². The van der Waals surface area contributed by atoms with E-state index in [0.29, 0.717) is 0 Å². The number of hydrogen-bond acceptors (Lipinski definition) is 0. The van der Waals surface area contributed by atoms with Crippen molar-refractivity contribution in [3.05, 3.63) is 34.3 Å². The van der Waals surface area contributed by atoms with Gasteiger partial charge in [0.05, 0.1) is 0 Å². The Kier molecular flexibility index (Phi) is 8.21. The second kappa shape index (κ2) is 9.16. The van der Waals surface area contributed by atoms with E-state index in [9.17, 15) is 0 Å². The molecule has 17 heavy (non-hydrogen) atoms. The van der Waals surface area contributed by atoms with E-state index in [1.54, 1.807) is 0 Å². The van der Waals surface area contributed by atoms with Gasteiger partial charge in [-0.1, -0.05) is 76.6 Å². The van der Waals surface area contributed by atoms with Crippen molar-refractivity contribution in [2.75, 3.05) is 5.33 Å². The van der Waals surface area contributed by atoms with Gasteiger partial charge in [-0.3, -0.25) is 0 Å². The van der Waals surface area contributed by atoms with E-state index >= 15 is 0 Å². The summed E-state index contributed by atoms with van der Waals surface area (Å²) in [4.78, 5) is 0. The topological polar surface area (TPSA) is 0 Å². The quantitative estimate of drug-likeness (QED) is 0.395. The van der Waals surface area contributed by atoms with Gasteiger partial charge in [0.25, 0.3) is 0 Å². The minimum atomic E-state index is 0.779. The van der Waals surface area contributed by atoms with Crippen LogP contribution in [0.1, 0.15) is 44.6 Å². The number of alkyl halides is 1. The van der Waals surface area contributed by atoms with E-state index in [4.69, 9.17) is 0 Å². The summed E-state index contributed by atoms with van der Waals surface area (Å²) in [6, 6.07) is 8.68. The first-order chi connectivity index (χ1) is 8.26. The first kappa shape index (κ1) is 15.2. The summed E-state index contributed by atoms with van der Waals surface area (Å²) in [6.07, 6.45) is 8.00. The largest absolute Gasteiger partial charge is 0.0925 e. The van der Waals surface area contributed by atoms with Gasteiger partial charge in [0.1, 0.15) is 0 Å². The molecule has 0 fully saturated rings. The van der Waals surface area contributed by atoms with Crippen LogP contribution < -0.4 is 0 Å². The highest BCUT2D eigenvalue weighted by Crippen LogP contribution is 2.20. The number of rotatable bonds is 8. The lowest BCUT2D eigenvalue weighted by Crippen LogP contribution is -2.06. The van der Waals surface area contributed by atoms with Crippen LogP contribution in [-0.4, -0.2) is 5.33 Å². The maximum absolute atomic E-state index is 3.65. The predicted molar refractivity (Wildman–Crippen MR) is 83.9 cm³/mol. The van der Waals surface area contributed by atoms with Gasteiger partial charge in [-0.25, -0.2) is 0 Å². The molecular weight excluding hydrogens is 340 g/mol. The van der Waals surface area contributed by atoms with Gasteiger partial charge in [-0.15, -0.1) is 0 Å². The molecule has 0 N–H and O–H groups in total. The third kappa shape index (κ3) is 6.61. The fourth-order valence-corrected chi connectivity index (χ4v) is 3.09. The van der Waals surface area contributed by atoms with Crippen LogP contribution in [0.2, 0.25) is 0 Å². The van der Waals surface area contributed by atoms with Crippen LogP contribution in [0.3, 0.4) is 0 Å². The standard InChI is InChI=1S/C15H22Br2/c1-2-3-4-5-7-14(12-16)10-13-8-6-9-15(17)11-13/h6,8-9,11,14H,2-5,7,10,12H2,1H3. The monoisotopic (exact) mass is 360 g/mol. The van der Waals surface area contributed by atoms with Gasteiger partial charge in [0.2, 0.25) is 0 Å². The molecular formula is C15H22Br2. The second-order valence-electron chi connectivity index (χ2n) is 4.70. The Balaban J connectivity index is 2.35. The molecule has 0 radical (unpaired) electrons. The fraction of sp³-hybridized carbons (Fsp3) is 0.600. The average Bonchev–Trinajstić information content (AvgIpc) is 2.33. The molecule has 0 nitrogen and oxygen atoms in total. The van der Waals surface area contributed by atoms with Crippen LogP contribution in [0.5, 0.6) is 0 Å². The molecule has 0 aromatic heterocycles. The Labute approximate surface area is 122 Å². The van der Waals surface area contributed by atoms with Crippen molar-refractivity contribution in [1.29, 1.82) is 0 Å². The zero-order chi connectivity index (χ0) is 12.5. The maximum atomic E-state index is 3.65. The molecule has 2 heteroatoms. The molecule has 96 valence electrons. The third-order valence-electron chi connectivity index (χ3n) is 3.10. The third-order valence-corrected chi connectivity index (χ3v) is 4.51. The molecule has 0 bridgehead atoms. The maximum Gasteiger partial charge on any atom is 0.0177 e. The van der Waals surface area contributed by atoms with Crippen molar-refractivity contribution < 1.29 is 0 Å². The molecule has 1 unspecified atom stereocenters. The SMILES string of the molecule is CCCCCCC(CBr)Cc1cccc(Br)c1. The summed E-state index contributed by atoms with van der Waals surface area (Å²) in [5.74, 6) is 0.779. The summed E-state index contributed by atoms with van der Waals surface area (Å²) in [7, 11) is 0. The van der Waals surface area contributed by atoms with Gasteiger partial charge < -0.3 is 0 Å². The Bertz CT molecular complexity index is 310. The zero-order valence-electron chi connectivity index (χ0n) is 10.6. The van der Waals surface area contributed by atoms with Crippen molar-refractivity contribution >= 4 is 31.9 Å². The highest BCUT2D eigenvalue weighted by molar-refractivity contribution is 9.10. The highest BCUT2D eigenvalue weighted by Gasteiger charge is 2.08. The van der Waals surface area contributed by atoms with Crippen LogP contribution in [0.4, 0.5) is 0 Å². The lowest BCUT2D eigenvalue weighted by atomic mass is 9.95. The number of halogens is 2. The average molecular weight is 362 g/mol. The molecule has 1 aromatic rings. The molecule has 1 aromatic carbocycles. The molecule has 1 rings (SSSR count). The zero-order valence-corrected chi connectivity index (χ0v) is 13.8. The van der Waals surface area contributed by atoms with E-state index in [0.717, 1.165) is 11.2 Å². The van der Waals surface area contributed by atoms with Crippen molar-refractivity contribution in [3.63, 3.8) is 0 Å². The first-order valence-corrected chi connectivity index (χ1v) is 8.48.